The van der Waals surface area contributed by atoms with Crippen LogP contribution >= 0.6 is 7.60 Å². The van der Waals surface area contributed by atoms with Crippen LogP contribution in [0, 0.1) is 13.8 Å². The van der Waals surface area contributed by atoms with Gasteiger partial charge < -0.3 is 19.4 Å². The summed E-state index contributed by atoms with van der Waals surface area (Å²) in [6.07, 6.45) is 0.387. The summed E-state index contributed by atoms with van der Waals surface area (Å²) in [5.74, 6) is 0.467. The van der Waals surface area contributed by atoms with E-state index in [1.54, 1.807) is 34.9 Å². The molecule has 13 heteroatoms. The van der Waals surface area contributed by atoms with Crippen LogP contribution < -0.4 is 21.1 Å². The molecule has 230 valence electrons. The molecule has 1 saturated heterocycles. The number of ether oxygens (including phenoxy) is 1. The Balaban J connectivity index is 1.47. The minimum atomic E-state index is -3.85. The molecular formula is C30H40N5O6PSi. The molecule has 11 nitrogen and oxygen atoms in total. The molecule has 1 aliphatic heterocycles. The van der Waals surface area contributed by atoms with Gasteiger partial charge in [-0.3, -0.25) is 18.9 Å². The number of nitrogen functional groups attached to an aromatic ring is 1. The van der Waals surface area contributed by atoms with Gasteiger partial charge in [0.1, 0.15) is 18.1 Å². The highest BCUT2D eigenvalue weighted by atomic mass is 31.2. The molecule has 1 fully saturated rings. The topological polar surface area (TPSA) is 144 Å². The summed E-state index contributed by atoms with van der Waals surface area (Å²) in [5.41, 5.74) is 7.80. The number of nitrogens with one attached hydrogen (secondary N) is 1. The highest BCUT2D eigenvalue weighted by Gasteiger charge is 2.46. The summed E-state index contributed by atoms with van der Waals surface area (Å²) < 4.78 is 41.9. The lowest BCUT2D eigenvalue weighted by atomic mass is 10.1. The fraction of sp³-hybridized carbons (Fsp3) is 0.433. The molecule has 0 radical (unpaired) electrons. The van der Waals surface area contributed by atoms with Crippen LogP contribution in [0.25, 0.3) is 11.2 Å². The van der Waals surface area contributed by atoms with Crippen molar-refractivity contribution in [3.63, 3.8) is 0 Å². The summed E-state index contributed by atoms with van der Waals surface area (Å²) >= 11 is 0. The van der Waals surface area contributed by atoms with Gasteiger partial charge in [-0.15, -0.1) is 0 Å². The fourth-order valence-corrected chi connectivity index (χ4v) is 7.83. The Morgan fingerprint density at radius 3 is 2.56 bits per heavy atom. The van der Waals surface area contributed by atoms with Crippen LogP contribution in [0.5, 0.6) is 5.75 Å². The molecule has 0 spiro atoms. The third-order valence-electron chi connectivity index (χ3n) is 8.22. The minimum Gasteiger partial charge on any atom is -0.421 e. The maximum Gasteiger partial charge on any atom is 0.410 e. The van der Waals surface area contributed by atoms with Crippen LogP contribution in [0.15, 0.2) is 59.7 Å². The van der Waals surface area contributed by atoms with Crippen molar-refractivity contribution in [2.24, 2.45) is 0 Å². The van der Waals surface area contributed by atoms with E-state index in [1.807, 2.05) is 32.0 Å². The number of imidazole rings is 1. The number of aryl methyl sites for hydroxylation is 2. The number of H-pyrrole nitrogens is 1. The molecule has 1 aliphatic rings. The molecule has 0 aliphatic carbocycles. The molecule has 5 rings (SSSR count). The van der Waals surface area contributed by atoms with E-state index in [-0.39, 0.29) is 23.1 Å². The number of nitrogens with zero attached hydrogens (tertiary/aromatic N) is 3. The van der Waals surface area contributed by atoms with Crippen LogP contribution in [0.2, 0.25) is 18.1 Å². The zero-order valence-electron chi connectivity index (χ0n) is 25.7. The standard InChI is InChI=1S/C30H40N5O6PSi/c1-19-13-14-22(20(2)15-19)40-42(37,21-11-9-8-10-12-21)38-17-24-23(41-43(6,7)30(3,4)5)16-25(39-24)35-18-32-26-27(35)33-29(31)34-28(26)36/h8-15,18,23-25H,16-17H2,1-7H3,(H3,31,33,34,36)/t23?,24?,25?,42-/m1/s1. The van der Waals surface area contributed by atoms with E-state index in [2.05, 4.69) is 48.8 Å². The molecule has 43 heavy (non-hydrogen) atoms. The second-order valence-corrected chi connectivity index (χ2v) is 19.3. The summed E-state index contributed by atoms with van der Waals surface area (Å²) in [4.78, 5) is 23.4. The van der Waals surface area contributed by atoms with E-state index in [1.165, 1.54) is 6.33 Å². The van der Waals surface area contributed by atoms with Crippen molar-refractivity contribution in [3.8, 4) is 5.75 Å². The molecule has 2 aromatic heterocycles. The summed E-state index contributed by atoms with van der Waals surface area (Å²) in [6.45, 7) is 14.7. The van der Waals surface area contributed by atoms with Crippen molar-refractivity contribution in [1.29, 1.82) is 0 Å². The Morgan fingerprint density at radius 1 is 1.16 bits per heavy atom. The van der Waals surface area contributed by atoms with Crippen molar-refractivity contribution in [2.45, 2.75) is 77.6 Å². The normalized spacial score (nSPS) is 20.8. The van der Waals surface area contributed by atoms with Crippen LogP contribution in [-0.2, 0) is 18.3 Å². The second-order valence-electron chi connectivity index (χ2n) is 12.5. The van der Waals surface area contributed by atoms with Gasteiger partial charge >= 0.3 is 7.60 Å². The molecular weight excluding hydrogens is 585 g/mol. The molecule has 0 amide bonds. The van der Waals surface area contributed by atoms with E-state index >= 15 is 0 Å². The van der Waals surface area contributed by atoms with Crippen LogP contribution in [-0.4, -0.2) is 46.7 Å². The predicted octanol–water partition coefficient (Wildman–Crippen LogP) is 5.61. The number of hydrogen-bond acceptors (Lipinski definition) is 9. The minimum absolute atomic E-state index is 0.0152. The first kappa shape index (κ1) is 31.2. The highest BCUT2D eigenvalue weighted by Crippen LogP contribution is 2.49. The number of rotatable bonds is 9. The van der Waals surface area contributed by atoms with E-state index < -0.39 is 39.9 Å². The number of aromatic nitrogens is 4. The summed E-state index contributed by atoms with van der Waals surface area (Å²) in [6, 6.07) is 14.6. The van der Waals surface area contributed by atoms with Gasteiger partial charge in [-0.25, -0.2) is 9.55 Å². The van der Waals surface area contributed by atoms with Crippen LogP contribution in [0.4, 0.5) is 5.95 Å². The van der Waals surface area contributed by atoms with E-state index in [9.17, 15) is 9.36 Å². The molecule has 3 heterocycles. The van der Waals surface area contributed by atoms with Crippen molar-refractivity contribution in [3.05, 3.63) is 76.3 Å². The van der Waals surface area contributed by atoms with Gasteiger partial charge in [-0.05, 0) is 55.7 Å². The maximum absolute atomic E-state index is 14.5. The number of anilines is 1. The lowest BCUT2D eigenvalue weighted by Gasteiger charge is -2.39. The van der Waals surface area contributed by atoms with Crippen molar-refractivity contribution in [1.82, 2.24) is 19.5 Å². The first-order chi connectivity index (χ1) is 20.2. The van der Waals surface area contributed by atoms with Gasteiger partial charge in [0.05, 0.1) is 24.3 Å². The molecule has 3 unspecified atom stereocenters. The second kappa shape index (κ2) is 11.7. The highest BCUT2D eigenvalue weighted by molar-refractivity contribution is 7.62. The van der Waals surface area contributed by atoms with Crippen molar-refractivity contribution in [2.75, 3.05) is 12.3 Å². The Kier molecular flexibility index (Phi) is 8.45. The van der Waals surface area contributed by atoms with Gasteiger partial charge in [0, 0.05) is 6.42 Å². The lowest BCUT2D eigenvalue weighted by molar-refractivity contribution is -0.0367. The molecule has 4 aromatic rings. The maximum atomic E-state index is 14.5. The number of benzene rings is 2. The van der Waals surface area contributed by atoms with E-state index in [4.69, 9.17) is 23.9 Å². The van der Waals surface area contributed by atoms with E-state index in [0.717, 1.165) is 11.1 Å². The number of nitrogens with two attached hydrogens (primary N) is 1. The van der Waals surface area contributed by atoms with Gasteiger partial charge in [0.25, 0.3) is 5.56 Å². The number of hydrogen-bond donors (Lipinski definition) is 2. The van der Waals surface area contributed by atoms with Crippen LogP contribution in [0.3, 0.4) is 0 Å². The Bertz CT molecular complexity index is 1720. The SMILES string of the molecule is Cc1ccc(O[P@](=O)(OCC2OC(n3cnc4c(=O)[nH]c(N)nc43)CC2O[Si](C)(C)C(C)(C)C)c2ccccc2)c(C)c1. The van der Waals surface area contributed by atoms with Gasteiger partial charge in [-0.2, -0.15) is 4.98 Å². The lowest BCUT2D eigenvalue weighted by Crippen LogP contribution is -2.46. The molecule has 2 aromatic carbocycles. The third kappa shape index (κ3) is 6.48. The number of aromatic amines is 1. The zero-order valence-corrected chi connectivity index (χ0v) is 27.6. The summed E-state index contributed by atoms with van der Waals surface area (Å²) in [7, 11) is -6.11. The Morgan fingerprint density at radius 2 is 1.88 bits per heavy atom. The first-order valence-corrected chi connectivity index (χ1v) is 18.7. The molecule has 4 atom stereocenters. The van der Waals surface area contributed by atoms with Gasteiger partial charge in [-0.1, -0.05) is 56.7 Å². The smallest absolute Gasteiger partial charge is 0.410 e. The van der Waals surface area contributed by atoms with Crippen molar-refractivity contribution >= 4 is 38.3 Å². The van der Waals surface area contributed by atoms with Crippen molar-refractivity contribution < 1.29 is 22.8 Å². The Labute approximate surface area is 252 Å². The van der Waals surface area contributed by atoms with Crippen LogP contribution in [0.1, 0.15) is 44.5 Å². The monoisotopic (exact) mass is 625 g/mol. The van der Waals surface area contributed by atoms with E-state index in [0.29, 0.717) is 23.1 Å². The largest absolute Gasteiger partial charge is 0.421 e. The Hall–Kier alpha value is -3.28. The van der Waals surface area contributed by atoms with Gasteiger partial charge in [0.15, 0.2) is 19.5 Å². The molecule has 0 bridgehead atoms. The average molecular weight is 626 g/mol. The fourth-order valence-electron chi connectivity index (χ4n) is 4.82. The molecule has 3 N–H and O–H groups in total. The van der Waals surface area contributed by atoms with Gasteiger partial charge in [0.2, 0.25) is 5.95 Å². The zero-order chi connectivity index (χ0) is 31.2. The predicted molar refractivity (Wildman–Crippen MR) is 169 cm³/mol. The third-order valence-corrected chi connectivity index (χ3v) is 14.6. The number of fused-ring (bicyclic) bond motifs is 1. The molecule has 0 saturated carbocycles. The summed E-state index contributed by atoms with van der Waals surface area (Å²) in [5, 5.41) is 0.373. The average Bonchev–Trinajstić information content (AvgIpc) is 3.53. The quantitative estimate of drug-likeness (QED) is 0.179. The first-order valence-electron chi connectivity index (χ1n) is 14.3.